The Bertz CT molecular complexity index is 651. The van der Waals surface area contributed by atoms with Crippen LogP contribution in [0.3, 0.4) is 0 Å². The normalized spacial score (nSPS) is 13.3. The van der Waals surface area contributed by atoms with Crippen molar-refractivity contribution < 1.29 is 8.42 Å². The van der Waals surface area contributed by atoms with E-state index in [9.17, 15) is 8.42 Å². The maximum absolute atomic E-state index is 11.8. The van der Waals surface area contributed by atoms with Gasteiger partial charge in [-0.1, -0.05) is 19.1 Å². The molecule has 0 unspecified atom stereocenters. The molecule has 20 heavy (non-hydrogen) atoms. The zero-order valence-electron chi connectivity index (χ0n) is 11.7. The molecule has 1 heterocycles. The maximum atomic E-state index is 11.8. The molecule has 0 aliphatic rings. The molecular weight excluding hydrogens is 274 g/mol. The SMILES string of the molecule is CCCS(=O)(=O)N[C@H](C)c1cccc(-n2cccn2)c1. The minimum absolute atomic E-state index is 0.149. The quantitative estimate of drug-likeness (QED) is 0.888. The van der Waals surface area contributed by atoms with E-state index in [1.807, 2.05) is 50.4 Å². The average Bonchev–Trinajstić information content (AvgIpc) is 2.92. The monoisotopic (exact) mass is 293 g/mol. The van der Waals surface area contributed by atoms with Crippen LogP contribution in [0.25, 0.3) is 5.69 Å². The van der Waals surface area contributed by atoms with Crippen LogP contribution >= 0.6 is 0 Å². The van der Waals surface area contributed by atoms with E-state index in [4.69, 9.17) is 0 Å². The second kappa shape index (κ2) is 6.19. The third-order valence-corrected chi connectivity index (χ3v) is 4.63. The zero-order chi connectivity index (χ0) is 14.6. The van der Waals surface area contributed by atoms with Crippen LogP contribution in [0.2, 0.25) is 0 Å². The predicted octanol–water partition coefficient (Wildman–Crippen LogP) is 2.26. The van der Waals surface area contributed by atoms with Gasteiger partial charge >= 0.3 is 0 Å². The summed E-state index contributed by atoms with van der Waals surface area (Å²) < 4.78 is 28.0. The van der Waals surface area contributed by atoms with Gasteiger partial charge in [-0.05, 0) is 37.1 Å². The van der Waals surface area contributed by atoms with Gasteiger partial charge in [0.2, 0.25) is 10.0 Å². The summed E-state index contributed by atoms with van der Waals surface area (Å²) in [4.78, 5) is 0. The number of benzene rings is 1. The highest BCUT2D eigenvalue weighted by Gasteiger charge is 2.15. The lowest BCUT2D eigenvalue weighted by Crippen LogP contribution is -2.29. The van der Waals surface area contributed by atoms with E-state index in [2.05, 4.69) is 9.82 Å². The smallest absolute Gasteiger partial charge is 0.212 e. The molecule has 1 aromatic carbocycles. The summed E-state index contributed by atoms with van der Waals surface area (Å²) in [5, 5.41) is 4.17. The van der Waals surface area contributed by atoms with E-state index in [0.717, 1.165) is 11.3 Å². The van der Waals surface area contributed by atoms with Crippen LogP contribution in [0.5, 0.6) is 0 Å². The summed E-state index contributed by atoms with van der Waals surface area (Å²) in [5.74, 6) is 0.149. The fourth-order valence-corrected chi connectivity index (χ4v) is 3.35. The summed E-state index contributed by atoms with van der Waals surface area (Å²) in [6, 6.07) is 9.26. The van der Waals surface area contributed by atoms with Crippen LogP contribution in [-0.4, -0.2) is 24.0 Å². The van der Waals surface area contributed by atoms with Crippen LogP contribution in [0.15, 0.2) is 42.7 Å². The van der Waals surface area contributed by atoms with Crippen molar-refractivity contribution in [3.05, 3.63) is 48.3 Å². The van der Waals surface area contributed by atoms with E-state index < -0.39 is 10.0 Å². The minimum Gasteiger partial charge on any atom is -0.241 e. The molecule has 0 saturated carbocycles. The standard InChI is InChI=1S/C14H19N3O2S/c1-3-10-20(18,19)16-12(2)13-6-4-7-14(11-13)17-9-5-8-15-17/h4-9,11-12,16H,3,10H2,1-2H3/t12-/m1/s1. The summed E-state index contributed by atoms with van der Waals surface area (Å²) in [6.45, 7) is 3.69. The minimum atomic E-state index is -3.22. The molecule has 0 aliphatic heterocycles. The Labute approximate surface area is 119 Å². The van der Waals surface area contributed by atoms with Gasteiger partial charge < -0.3 is 0 Å². The van der Waals surface area contributed by atoms with E-state index in [0.29, 0.717) is 6.42 Å². The number of nitrogens with zero attached hydrogens (tertiary/aromatic N) is 2. The fourth-order valence-electron chi connectivity index (χ4n) is 2.02. The summed E-state index contributed by atoms with van der Waals surface area (Å²) in [6.07, 6.45) is 4.17. The zero-order valence-corrected chi connectivity index (χ0v) is 12.5. The molecule has 1 N–H and O–H groups in total. The number of aromatic nitrogens is 2. The molecule has 0 amide bonds. The van der Waals surface area contributed by atoms with Gasteiger partial charge in [0.1, 0.15) is 0 Å². The van der Waals surface area contributed by atoms with Gasteiger partial charge in [-0.15, -0.1) is 0 Å². The van der Waals surface area contributed by atoms with Gasteiger partial charge in [0.15, 0.2) is 0 Å². The number of nitrogens with one attached hydrogen (secondary N) is 1. The Morgan fingerprint density at radius 1 is 1.35 bits per heavy atom. The van der Waals surface area contributed by atoms with Crippen molar-refractivity contribution in [2.45, 2.75) is 26.3 Å². The van der Waals surface area contributed by atoms with Gasteiger partial charge in [0.25, 0.3) is 0 Å². The van der Waals surface area contributed by atoms with Crippen molar-refractivity contribution >= 4 is 10.0 Å². The van der Waals surface area contributed by atoms with Crippen LogP contribution in [-0.2, 0) is 10.0 Å². The number of rotatable bonds is 6. The molecule has 0 aliphatic carbocycles. The molecule has 2 aromatic rings. The summed E-state index contributed by atoms with van der Waals surface area (Å²) in [7, 11) is -3.22. The van der Waals surface area contributed by atoms with E-state index in [1.165, 1.54) is 0 Å². The van der Waals surface area contributed by atoms with Crippen molar-refractivity contribution in [2.75, 3.05) is 5.75 Å². The Balaban J connectivity index is 2.19. The number of sulfonamides is 1. The highest BCUT2D eigenvalue weighted by Crippen LogP contribution is 2.17. The first-order chi connectivity index (χ1) is 9.52. The first-order valence-electron chi connectivity index (χ1n) is 6.62. The molecule has 2 rings (SSSR count). The Kier molecular flexibility index (Phi) is 4.57. The van der Waals surface area contributed by atoms with E-state index >= 15 is 0 Å². The lowest BCUT2D eigenvalue weighted by molar-refractivity contribution is 0.565. The van der Waals surface area contributed by atoms with E-state index in [1.54, 1.807) is 10.9 Å². The molecular formula is C14H19N3O2S. The van der Waals surface area contributed by atoms with Crippen molar-refractivity contribution in [1.29, 1.82) is 0 Å². The Morgan fingerprint density at radius 3 is 2.80 bits per heavy atom. The van der Waals surface area contributed by atoms with Crippen molar-refractivity contribution in [1.82, 2.24) is 14.5 Å². The lowest BCUT2D eigenvalue weighted by atomic mass is 10.1. The van der Waals surface area contributed by atoms with Gasteiger partial charge in [-0.3, -0.25) is 0 Å². The number of hydrogen-bond acceptors (Lipinski definition) is 3. The second-order valence-corrected chi connectivity index (χ2v) is 6.58. The molecule has 1 atom stereocenters. The number of hydrogen-bond donors (Lipinski definition) is 1. The highest BCUT2D eigenvalue weighted by atomic mass is 32.2. The fraction of sp³-hybridized carbons (Fsp3) is 0.357. The maximum Gasteiger partial charge on any atom is 0.212 e. The second-order valence-electron chi connectivity index (χ2n) is 4.70. The summed E-state index contributed by atoms with van der Waals surface area (Å²) >= 11 is 0. The molecule has 108 valence electrons. The molecule has 1 aromatic heterocycles. The van der Waals surface area contributed by atoms with Crippen LogP contribution in [0.4, 0.5) is 0 Å². The van der Waals surface area contributed by atoms with Crippen LogP contribution < -0.4 is 4.72 Å². The highest BCUT2D eigenvalue weighted by molar-refractivity contribution is 7.89. The van der Waals surface area contributed by atoms with Gasteiger partial charge in [0, 0.05) is 18.4 Å². The van der Waals surface area contributed by atoms with Crippen LogP contribution in [0, 0.1) is 0 Å². The van der Waals surface area contributed by atoms with Crippen molar-refractivity contribution in [3.8, 4) is 5.69 Å². The Morgan fingerprint density at radius 2 is 2.15 bits per heavy atom. The van der Waals surface area contributed by atoms with Crippen molar-refractivity contribution in [3.63, 3.8) is 0 Å². The van der Waals surface area contributed by atoms with E-state index in [-0.39, 0.29) is 11.8 Å². The molecule has 5 nitrogen and oxygen atoms in total. The molecule has 0 radical (unpaired) electrons. The molecule has 0 bridgehead atoms. The first kappa shape index (κ1) is 14.7. The van der Waals surface area contributed by atoms with Gasteiger partial charge in [0.05, 0.1) is 11.4 Å². The topological polar surface area (TPSA) is 64.0 Å². The van der Waals surface area contributed by atoms with Crippen molar-refractivity contribution in [2.24, 2.45) is 0 Å². The van der Waals surface area contributed by atoms with Gasteiger partial charge in [-0.2, -0.15) is 5.10 Å². The first-order valence-corrected chi connectivity index (χ1v) is 8.27. The Hall–Kier alpha value is -1.66. The molecule has 0 spiro atoms. The largest absolute Gasteiger partial charge is 0.241 e. The lowest BCUT2D eigenvalue weighted by Gasteiger charge is -2.15. The average molecular weight is 293 g/mol. The van der Waals surface area contributed by atoms with Crippen LogP contribution in [0.1, 0.15) is 31.9 Å². The third-order valence-electron chi connectivity index (χ3n) is 2.97. The van der Waals surface area contributed by atoms with Gasteiger partial charge in [-0.25, -0.2) is 17.8 Å². The molecule has 0 fully saturated rings. The third kappa shape index (κ3) is 3.68. The molecule has 6 heteroatoms. The predicted molar refractivity (Wildman–Crippen MR) is 79.2 cm³/mol. The summed E-state index contributed by atoms with van der Waals surface area (Å²) in [5.41, 5.74) is 1.83. The molecule has 0 saturated heterocycles.